The first-order chi connectivity index (χ1) is 6.75. The quantitative estimate of drug-likeness (QED) is 0.774. The number of halogens is 1. The van der Waals surface area contributed by atoms with Crippen LogP contribution in [0.4, 0.5) is 4.39 Å². The zero-order valence-electron chi connectivity index (χ0n) is 8.52. The number of benzene rings is 1. The maximum Gasteiger partial charge on any atom is 0.126 e. The van der Waals surface area contributed by atoms with E-state index in [1.54, 1.807) is 6.07 Å². The molecule has 0 aromatic heterocycles. The molecule has 14 heavy (non-hydrogen) atoms. The van der Waals surface area contributed by atoms with Gasteiger partial charge in [-0.3, -0.25) is 0 Å². The molecule has 0 heterocycles. The Bertz CT molecular complexity index is 318. The van der Waals surface area contributed by atoms with Crippen molar-refractivity contribution in [2.75, 3.05) is 6.54 Å². The average Bonchev–Trinajstić information content (AvgIpc) is 2.95. The minimum atomic E-state index is -0.0757. The number of rotatable bonds is 4. The SMILES string of the molecule is Cc1ccc(F)c(CCNC2CC2)c1. The van der Waals surface area contributed by atoms with Crippen LogP contribution < -0.4 is 5.32 Å². The molecule has 76 valence electrons. The van der Waals surface area contributed by atoms with Gasteiger partial charge >= 0.3 is 0 Å². The molecular weight excluding hydrogens is 177 g/mol. The molecule has 1 aromatic rings. The highest BCUT2D eigenvalue weighted by molar-refractivity contribution is 5.24. The summed E-state index contributed by atoms with van der Waals surface area (Å²) >= 11 is 0. The Balaban J connectivity index is 1.89. The first-order valence-corrected chi connectivity index (χ1v) is 5.24. The second-order valence-electron chi connectivity index (χ2n) is 4.07. The molecule has 0 unspecified atom stereocenters. The topological polar surface area (TPSA) is 12.0 Å². The van der Waals surface area contributed by atoms with Crippen molar-refractivity contribution < 1.29 is 4.39 Å². The molecule has 1 aromatic carbocycles. The summed E-state index contributed by atoms with van der Waals surface area (Å²) in [7, 11) is 0. The fourth-order valence-corrected chi connectivity index (χ4v) is 1.59. The highest BCUT2D eigenvalue weighted by Crippen LogP contribution is 2.18. The first-order valence-electron chi connectivity index (χ1n) is 5.24. The molecule has 1 nitrogen and oxygen atoms in total. The van der Waals surface area contributed by atoms with Gasteiger partial charge in [-0.15, -0.1) is 0 Å². The lowest BCUT2D eigenvalue weighted by molar-refractivity contribution is 0.596. The van der Waals surface area contributed by atoms with Gasteiger partial charge in [-0.25, -0.2) is 4.39 Å². The molecule has 1 fully saturated rings. The molecule has 0 aliphatic heterocycles. The van der Waals surface area contributed by atoms with E-state index >= 15 is 0 Å². The summed E-state index contributed by atoms with van der Waals surface area (Å²) in [5.41, 5.74) is 1.96. The number of aryl methyl sites for hydroxylation is 1. The molecule has 2 rings (SSSR count). The van der Waals surface area contributed by atoms with Crippen LogP contribution in [0, 0.1) is 12.7 Å². The van der Waals surface area contributed by atoms with E-state index in [1.807, 2.05) is 19.1 Å². The third kappa shape index (κ3) is 2.55. The molecular formula is C12H16FN. The van der Waals surface area contributed by atoms with Crippen molar-refractivity contribution in [2.45, 2.75) is 32.2 Å². The van der Waals surface area contributed by atoms with E-state index < -0.39 is 0 Å². The number of hydrogen-bond acceptors (Lipinski definition) is 1. The molecule has 0 bridgehead atoms. The smallest absolute Gasteiger partial charge is 0.126 e. The first kappa shape index (κ1) is 9.66. The minimum Gasteiger partial charge on any atom is -0.314 e. The van der Waals surface area contributed by atoms with Gasteiger partial charge in [0.2, 0.25) is 0 Å². The van der Waals surface area contributed by atoms with Crippen LogP contribution in [0.2, 0.25) is 0 Å². The largest absolute Gasteiger partial charge is 0.314 e. The molecule has 1 N–H and O–H groups in total. The van der Waals surface area contributed by atoms with Crippen molar-refractivity contribution >= 4 is 0 Å². The lowest BCUT2D eigenvalue weighted by atomic mass is 10.1. The van der Waals surface area contributed by atoms with Crippen molar-refractivity contribution in [3.63, 3.8) is 0 Å². The second-order valence-corrected chi connectivity index (χ2v) is 4.07. The zero-order chi connectivity index (χ0) is 9.97. The number of hydrogen-bond donors (Lipinski definition) is 1. The van der Waals surface area contributed by atoms with Crippen LogP contribution in [-0.4, -0.2) is 12.6 Å². The summed E-state index contributed by atoms with van der Waals surface area (Å²) in [5.74, 6) is -0.0757. The van der Waals surface area contributed by atoms with Gasteiger partial charge in [0.05, 0.1) is 0 Å². The van der Waals surface area contributed by atoms with Crippen molar-refractivity contribution in [3.8, 4) is 0 Å². The molecule has 1 aliphatic carbocycles. The Labute approximate surface area is 84.3 Å². The van der Waals surface area contributed by atoms with Crippen molar-refractivity contribution in [1.29, 1.82) is 0 Å². The van der Waals surface area contributed by atoms with Crippen molar-refractivity contribution in [3.05, 3.63) is 35.1 Å². The average molecular weight is 193 g/mol. The van der Waals surface area contributed by atoms with Crippen LogP contribution in [0.5, 0.6) is 0 Å². The highest BCUT2D eigenvalue weighted by atomic mass is 19.1. The molecule has 0 atom stereocenters. The predicted molar refractivity (Wildman–Crippen MR) is 55.9 cm³/mol. The standard InChI is InChI=1S/C12H16FN/c1-9-2-5-12(13)10(8-9)6-7-14-11-3-4-11/h2,5,8,11,14H,3-4,6-7H2,1H3. The van der Waals surface area contributed by atoms with Gasteiger partial charge in [-0.1, -0.05) is 17.7 Å². The summed E-state index contributed by atoms with van der Waals surface area (Å²) in [4.78, 5) is 0. The molecule has 0 amide bonds. The van der Waals surface area contributed by atoms with Crippen LogP contribution in [0.1, 0.15) is 24.0 Å². The molecule has 1 aliphatic rings. The van der Waals surface area contributed by atoms with Crippen LogP contribution in [-0.2, 0) is 6.42 Å². The molecule has 0 spiro atoms. The van der Waals surface area contributed by atoms with Gasteiger partial charge in [-0.2, -0.15) is 0 Å². The van der Waals surface area contributed by atoms with E-state index in [2.05, 4.69) is 5.32 Å². The van der Waals surface area contributed by atoms with E-state index in [0.29, 0.717) is 6.04 Å². The summed E-state index contributed by atoms with van der Waals surface area (Å²) in [6, 6.07) is 6.02. The minimum absolute atomic E-state index is 0.0757. The van der Waals surface area contributed by atoms with E-state index in [9.17, 15) is 4.39 Å². The van der Waals surface area contributed by atoms with E-state index in [4.69, 9.17) is 0 Å². The summed E-state index contributed by atoms with van der Waals surface area (Å²) in [6.07, 6.45) is 3.37. The lowest BCUT2D eigenvalue weighted by Gasteiger charge is -2.05. The van der Waals surface area contributed by atoms with Gasteiger partial charge in [-0.05, 0) is 44.4 Å². The molecule has 2 heteroatoms. The van der Waals surface area contributed by atoms with Crippen molar-refractivity contribution in [1.82, 2.24) is 5.32 Å². The fourth-order valence-electron chi connectivity index (χ4n) is 1.59. The van der Waals surface area contributed by atoms with Crippen molar-refractivity contribution in [2.24, 2.45) is 0 Å². The van der Waals surface area contributed by atoms with Crippen LogP contribution in [0.15, 0.2) is 18.2 Å². The number of nitrogens with one attached hydrogen (secondary N) is 1. The fraction of sp³-hybridized carbons (Fsp3) is 0.500. The maximum absolute atomic E-state index is 13.3. The Morgan fingerprint density at radius 3 is 2.93 bits per heavy atom. The van der Waals surface area contributed by atoms with Gasteiger partial charge in [0.25, 0.3) is 0 Å². The van der Waals surface area contributed by atoms with Crippen LogP contribution in [0.3, 0.4) is 0 Å². The molecule has 0 radical (unpaired) electrons. The van der Waals surface area contributed by atoms with E-state index in [1.165, 1.54) is 12.8 Å². The normalized spacial score (nSPS) is 15.9. The van der Waals surface area contributed by atoms with Crippen LogP contribution in [0.25, 0.3) is 0 Å². The zero-order valence-corrected chi connectivity index (χ0v) is 8.52. The monoisotopic (exact) mass is 193 g/mol. The lowest BCUT2D eigenvalue weighted by Crippen LogP contribution is -2.19. The Kier molecular flexibility index (Phi) is 2.82. The maximum atomic E-state index is 13.3. The van der Waals surface area contributed by atoms with Crippen LogP contribution >= 0.6 is 0 Å². The molecule has 0 saturated heterocycles. The molecule has 1 saturated carbocycles. The summed E-state index contributed by atoms with van der Waals surface area (Å²) in [6.45, 7) is 2.89. The second kappa shape index (κ2) is 4.09. The van der Waals surface area contributed by atoms with E-state index in [-0.39, 0.29) is 5.82 Å². The third-order valence-corrected chi connectivity index (χ3v) is 2.61. The Morgan fingerprint density at radius 1 is 1.43 bits per heavy atom. The van der Waals surface area contributed by atoms with Gasteiger partial charge < -0.3 is 5.32 Å². The predicted octanol–water partition coefficient (Wildman–Crippen LogP) is 2.43. The Hall–Kier alpha value is -0.890. The van der Waals surface area contributed by atoms with Gasteiger partial charge in [0.15, 0.2) is 0 Å². The Morgan fingerprint density at radius 2 is 2.21 bits per heavy atom. The summed E-state index contributed by atoms with van der Waals surface area (Å²) < 4.78 is 13.3. The highest BCUT2D eigenvalue weighted by Gasteiger charge is 2.19. The van der Waals surface area contributed by atoms with E-state index in [0.717, 1.165) is 24.1 Å². The summed E-state index contributed by atoms with van der Waals surface area (Å²) in [5, 5.41) is 3.39. The van der Waals surface area contributed by atoms with Gasteiger partial charge in [0, 0.05) is 6.04 Å². The van der Waals surface area contributed by atoms with Gasteiger partial charge in [0.1, 0.15) is 5.82 Å². The third-order valence-electron chi connectivity index (χ3n) is 2.61.